The average Bonchev–Trinajstić information content (AvgIpc) is 2.84. The highest BCUT2D eigenvalue weighted by molar-refractivity contribution is 7.88. The molecule has 0 bridgehead atoms. The van der Waals surface area contributed by atoms with E-state index in [0.717, 1.165) is 25.8 Å². The van der Waals surface area contributed by atoms with Crippen molar-refractivity contribution in [1.82, 2.24) is 24.4 Å². The summed E-state index contributed by atoms with van der Waals surface area (Å²) >= 11 is 0. The van der Waals surface area contributed by atoms with Crippen LogP contribution < -0.4 is 5.73 Å². The summed E-state index contributed by atoms with van der Waals surface area (Å²) in [5.41, 5.74) is 5.57. The Kier molecular flexibility index (Phi) is 2.80. The summed E-state index contributed by atoms with van der Waals surface area (Å²) in [7, 11) is -1.49. The van der Waals surface area contributed by atoms with Gasteiger partial charge in [0.2, 0.25) is 5.95 Å². The van der Waals surface area contributed by atoms with Gasteiger partial charge in [0.25, 0.3) is 15.2 Å². The van der Waals surface area contributed by atoms with Gasteiger partial charge in [-0.25, -0.2) is 13.5 Å². The number of aromatic nitrogens is 3. The standard InChI is InChI=1S/C10H18N6O2S/c1-15-5-2-10(15)3-6-16(7-4-10)19(17,18)9-12-8(11)13-14-9/h2-7H2,1H3,(H3,11,12,13,14). The fourth-order valence-electron chi connectivity index (χ4n) is 2.92. The van der Waals surface area contributed by atoms with Crippen LogP contribution in [0, 0.1) is 0 Å². The third-order valence-corrected chi connectivity index (χ3v) is 6.16. The first-order chi connectivity index (χ1) is 8.94. The second-order valence-electron chi connectivity index (χ2n) is 5.30. The van der Waals surface area contributed by atoms with Crippen molar-refractivity contribution in [2.45, 2.75) is 30.0 Å². The first kappa shape index (κ1) is 12.8. The van der Waals surface area contributed by atoms with Gasteiger partial charge in [0.15, 0.2) is 0 Å². The molecule has 2 aliphatic rings. The number of nitrogens with two attached hydrogens (primary N) is 1. The molecule has 1 aromatic heterocycles. The van der Waals surface area contributed by atoms with Gasteiger partial charge in [0, 0.05) is 25.2 Å². The zero-order valence-electron chi connectivity index (χ0n) is 10.8. The Hall–Kier alpha value is -1.19. The van der Waals surface area contributed by atoms with E-state index in [4.69, 9.17) is 5.73 Å². The monoisotopic (exact) mass is 286 g/mol. The molecule has 9 heteroatoms. The van der Waals surface area contributed by atoms with Gasteiger partial charge in [-0.1, -0.05) is 0 Å². The fourth-order valence-corrected chi connectivity index (χ4v) is 4.20. The van der Waals surface area contributed by atoms with Crippen LogP contribution in [0.2, 0.25) is 0 Å². The Morgan fingerprint density at radius 1 is 1.26 bits per heavy atom. The van der Waals surface area contributed by atoms with Crippen LogP contribution in [0.3, 0.4) is 0 Å². The highest BCUT2D eigenvalue weighted by atomic mass is 32.2. The molecule has 8 nitrogen and oxygen atoms in total. The smallest absolute Gasteiger partial charge is 0.278 e. The van der Waals surface area contributed by atoms with E-state index in [1.54, 1.807) is 0 Å². The molecule has 3 N–H and O–H groups in total. The minimum absolute atomic E-state index is 0.0502. The third kappa shape index (κ3) is 1.92. The molecule has 2 aliphatic heterocycles. The summed E-state index contributed by atoms with van der Waals surface area (Å²) in [6.07, 6.45) is 2.89. The van der Waals surface area contributed by atoms with E-state index in [9.17, 15) is 8.42 Å². The number of hydrogen-bond acceptors (Lipinski definition) is 6. The minimum Gasteiger partial charge on any atom is -0.366 e. The lowest BCUT2D eigenvalue weighted by Gasteiger charge is -2.54. The number of rotatable bonds is 2. The number of H-pyrrole nitrogens is 1. The zero-order chi connectivity index (χ0) is 13.7. The molecule has 3 heterocycles. The molecule has 1 spiro atoms. The number of nitrogens with one attached hydrogen (secondary N) is 1. The summed E-state index contributed by atoms with van der Waals surface area (Å²) in [4.78, 5) is 6.04. The zero-order valence-corrected chi connectivity index (χ0v) is 11.7. The lowest BCUT2D eigenvalue weighted by molar-refractivity contribution is -0.0264. The Bertz CT molecular complexity index is 575. The molecule has 0 saturated carbocycles. The van der Waals surface area contributed by atoms with Crippen LogP contribution in [0.25, 0.3) is 0 Å². The molecular weight excluding hydrogens is 268 g/mol. The van der Waals surface area contributed by atoms with Crippen LogP contribution in [-0.4, -0.2) is 65.0 Å². The van der Waals surface area contributed by atoms with Gasteiger partial charge < -0.3 is 10.6 Å². The molecule has 0 aromatic carbocycles. The molecule has 0 amide bonds. The third-order valence-electron chi connectivity index (χ3n) is 4.44. The predicted molar refractivity (Wildman–Crippen MR) is 68.8 cm³/mol. The van der Waals surface area contributed by atoms with Gasteiger partial charge in [-0.2, -0.15) is 9.29 Å². The molecule has 1 aromatic rings. The Balaban J connectivity index is 1.74. The lowest BCUT2D eigenvalue weighted by Crippen LogP contribution is -2.62. The Labute approximate surface area is 112 Å². The van der Waals surface area contributed by atoms with Crippen LogP contribution in [0.4, 0.5) is 5.95 Å². The number of anilines is 1. The fraction of sp³-hybridized carbons (Fsp3) is 0.800. The summed E-state index contributed by atoms with van der Waals surface area (Å²) in [6, 6.07) is 0. The molecule has 0 unspecified atom stereocenters. The van der Waals surface area contributed by atoms with Gasteiger partial charge in [-0.05, 0) is 26.3 Å². The molecule has 2 saturated heterocycles. The topological polar surface area (TPSA) is 108 Å². The highest BCUT2D eigenvalue weighted by Crippen LogP contribution is 2.39. The Morgan fingerprint density at radius 3 is 2.32 bits per heavy atom. The number of piperidine rings is 1. The number of nitrogen functional groups attached to an aromatic ring is 1. The maximum atomic E-state index is 12.3. The van der Waals surface area contributed by atoms with Gasteiger partial charge >= 0.3 is 0 Å². The average molecular weight is 286 g/mol. The first-order valence-corrected chi connectivity index (χ1v) is 7.77. The lowest BCUT2D eigenvalue weighted by atomic mass is 9.77. The van der Waals surface area contributed by atoms with Crippen molar-refractivity contribution >= 4 is 16.0 Å². The summed E-state index contributed by atoms with van der Waals surface area (Å²) in [5, 5.41) is 5.78. The minimum atomic E-state index is -3.59. The van der Waals surface area contributed by atoms with Crippen molar-refractivity contribution in [2.24, 2.45) is 0 Å². The van der Waals surface area contributed by atoms with Crippen LogP contribution in [0.5, 0.6) is 0 Å². The largest absolute Gasteiger partial charge is 0.366 e. The van der Waals surface area contributed by atoms with Crippen molar-refractivity contribution < 1.29 is 8.42 Å². The first-order valence-electron chi connectivity index (χ1n) is 6.33. The highest BCUT2D eigenvalue weighted by Gasteiger charge is 2.46. The number of sulfonamides is 1. The van der Waals surface area contributed by atoms with Gasteiger partial charge in [-0.15, -0.1) is 5.10 Å². The molecule has 19 heavy (non-hydrogen) atoms. The molecule has 0 atom stereocenters. The van der Waals surface area contributed by atoms with Crippen LogP contribution >= 0.6 is 0 Å². The molecule has 106 valence electrons. The Morgan fingerprint density at radius 2 is 1.89 bits per heavy atom. The molecule has 0 radical (unpaired) electrons. The van der Waals surface area contributed by atoms with E-state index in [-0.39, 0.29) is 16.6 Å². The van der Waals surface area contributed by atoms with Gasteiger partial charge in [-0.3, -0.25) is 0 Å². The molecule has 2 fully saturated rings. The van der Waals surface area contributed by atoms with Crippen molar-refractivity contribution in [3.05, 3.63) is 0 Å². The van der Waals surface area contributed by atoms with Crippen LogP contribution in [0.1, 0.15) is 19.3 Å². The maximum absolute atomic E-state index is 12.3. The number of nitrogens with zero attached hydrogens (tertiary/aromatic N) is 4. The number of aromatic amines is 1. The summed E-state index contributed by atoms with van der Waals surface area (Å²) in [5.74, 6) is -0.0502. The predicted octanol–water partition coefficient (Wildman–Crippen LogP) is -0.754. The van der Waals surface area contributed by atoms with Crippen LogP contribution in [-0.2, 0) is 10.0 Å². The van der Waals surface area contributed by atoms with Gasteiger partial charge in [0.05, 0.1) is 0 Å². The van der Waals surface area contributed by atoms with Crippen molar-refractivity contribution in [3.63, 3.8) is 0 Å². The van der Waals surface area contributed by atoms with Crippen molar-refractivity contribution in [2.75, 3.05) is 32.4 Å². The summed E-state index contributed by atoms with van der Waals surface area (Å²) < 4.78 is 26.1. The van der Waals surface area contributed by atoms with Gasteiger partial charge in [0.1, 0.15) is 0 Å². The maximum Gasteiger partial charge on any atom is 0.278 e. The SMILES string of the molecule is CN1CCC12CCN(S(=O)(=O)c1nc(N)n[nH]1)CC2. The van der Waals surface area contributed by atoms with E-state index in [2.05, 4.69) is 27.1 Å². The van der Waals surface area contributed by atoms with Crippen molar-refractivity contribution in [3.8, 4) is 0 Å². The quantitative estimate of drug-likeness (QED) is 0.740. The molecule has 0 aliphatic carbocycles. The van der Waals surface area contributed by atoms with E-state index in [0.29, 0.717) is 13.1 Å². The number of hydrogen-bond donors (Lipinski definition) is 2. The van der Waals surface area contributed by atoms with E-state index in [1.165, 1.54) is 4.31 Å². The second kappa shape index (κ2) is 4.15. The van der Waals surface area contributed by atoms with E-state index >= 15 is 0 Å². The summed E-state index contributed by atoms with van der Waals surface area (Å²) in [6.45, 7) is 2.14. The van der Waals surface area contributed by atoms with Crippen molar-refractivity contribution in [1.29, 1.82) is 0 Å². The second-order valence-corrected chi connectivity index (χ2v) is 7.15. The molecule has 3 rings (SSSR count). The number of likely N-dealkylation sites (tertiary alicyclic amines) is 1. The molecular formula is C10H18N6O2S. The van der Waals surface area contributed by atoms with Crippen LogP contribution in [0.15, 0.2) is 5.16 Å². The van der Waals surface area contributed by atoms with E-state index < -0.39 is 10.0 Å². The van der Waals surface area contributed by atoms with E-state index in [1.807, 2.05) is 0 Å². The normalized spacial score (nSPS) is 24.5.